The van der Waals surface area contributed by atoms with Gasteiger partial charge in [0, 0.05) is 19.1 Å². The van der Waals surface area contributed by atoms with Crippen LogP contribution >= 0.6 is 0 Å². The molecule has 17 heavy (non-hydrogen) atoms. The summed E-state index contributed by atoms with van der Waals surface area (Å²) in [7, 11) is 0. The topological polar surface area (TPSA) is 78.9 Å². The second kappa shape index (κ2) is 6.56. The zero-order valence-corrected chi connectivity index (χ0v) is 10.3. The van der Waals surface area contributed by atoms with E-state index in [4.69, 9.17) is 9.84 Å². The van der Waals surface area contributed by atoms with Gasteiger partial charge in [0.1, 0.15) is 12.6 Å². The first-order valence-electron chi connectivity index (χ1n) is 5.90. The minimum absolute atomic E-state index is 0.0934. The number of amides is 1. The molecule has 0 aromatic carbocycles. The van der Waals surface area contributed by atoms with Crippen molar-refractivity contribution in [2.45, 2.75) is 32.4 Å². The Hall–Kier alpha value is -1.14. The molecular weight excluding hydrogens is 224 g/mol. The second-order valence-electron chi connectivity index (χ2n) is 4.18. The van der Waals surface area contributed by atoms with Gasteiger partial charge in [-0.3, -0.25) is 9.59 Å². The summed E-state index contributed by atoms with van der Waals surface area (Å²) in [5, 5.41) is 11.9. The molecule has 0 bridgehead atoms. The summed E-state index contributed by atoms with van der Waals surface area (Å²) in [5.74, 6) is -1.24. The van der Waals surface area contributed by atoms with E-state index < -0.39 is 12.1 Å². The van der Waals surface area contributed by atoms with Crippen LogP contribution < -0.4 is 5.32 Å². The summed E-state index contributed by atoms with van der Waals surface area (Å²) in [4.78, 5) is 24.3. The Kier molecular flexibility index (Phi) is 5.37. The molecule has 2 N–H and O–H groups in total. The van der Waals surface area contributed by atoms with E-state index in [-0.39, 0.29) is 18.5 Å². The lowest BCUT2D eigenvalue weighted by Crippen LogP contribution is -2.52. The van der Waals surface area contributed by atoms with Gasteiger partial charge in [0.15, 0.2) is 0 Å². The van der Waals surface area contributed by atoms with Gasteiger partial charge in [0.05, 0.1) is 6.61 Å². The fourth-order valence-corrected chi connectivity index (χ4v) is 1.73. The zero-order chi connectivity index (χ0) is 12.8. The van der Waals surface area contributed by atoms with E-state index in [9.17, 15) is 9.59 Å². The summed E-state index contributed by atoms with van der Waals surface area (Å²) in [5.41, 5.74) is 0. The number of nitrogens with one attached hydrogen (secondary N) is 1. The predicted molar refractivity (Wildman–Crippen MR) is 61.7 cm³/mol. The standard InChI is InChI=1S/C11H20N2O4/c1-3-8(2)13(7-10(14)15)11(16)9-6-12-4-5-17-9/h8-9,12H,3-7H2,1-2H3,(H,14,15). The van der Waals surface area contributed by atoms with Gasteiger partial charge in [-0.15, -0.1) is 0 Å². The van der Waals surface area contributed by atoms with Crippen molar-refractivity contribution in [3.05, 3.63) is 0 Å². The highest BCUT2D eigenvalue weighted by Crippen LogP contribution is 2.09. The highest BCUT2D eigenvalue weighted by atomic mass is 16.5. The Bertz CT molecular complexity index is 277. The van der Waals surface area contributed by atoms with Gasteiger partial charge in [-0.25, -0.2) is 0 Å². The maximum Gasteiger partial charge on any atom is 0.323 e. The Morgan fingerprint density at radius 3 is 2.76 bits per heavy atom. The number of carboxylic acids is 1. The number of hydrogen-bond acceptors (Lipinski definition) is 4. The molecule has 0 saturated carbocycles. The molecule has 1 aliphatic heterocycles. The summed E-state index contributed by atoms with van der Waals surface area (Å²) in [6.45, 7) is 5.16. The molecule has 0 aliphatic carbocycles. The number of ether oxygens (including phenoxy) is 1. The van der Waals surface area contributed by atoms with Crippen LogP contribution in [-0.2, 0) is 14.3 Å². The van der Waals surface area contributed by atoms with E-state index in [2.05, 4.69) is 5.32 Å². The molecule has 0 aromatic heterocycles. The van der Waals surface area contributed by atoms with E-state index >= 15 is 0 Å². The molecule has 1 fully saturated rings. The molecule has 6 nitrogen and oxygen atoms in total. The van der Waals surface area contributed by atoms with Crippen molar-refractivity contribution in [3.8, 4) is 0 Å². The molecule has 1 aliphatic rings. The molecule has 2 atom stereocenters. The molecule has 1 heterocycles. The van der Waals surface area contributed by atoms with Crippen LogP contribution in [-0.4, -0.2) is 60.3 Å². The number of aliphatic carboxylic acids is 1. The molecule has 0 aromatic rings. The van der Waals surface area contributed by atoms with Crippen molar-refractivity contribution in [2.75, 3.05) is 26.2 Å². The highest BCUT2D eigenvalue weighted by Gasteiger charge is 2.30. The molecule has 1 amide bonds. The average molecular weight is 244 g/mol. The van der Waals surface area contributed by atoms with Gasteiger partial charge in [0.2, 0.25) is 0 Å². The van der Waals surface area contributed by atoms with E-state index in [1.165, 1.54) is 4.90 Å². The first-order chi connectivity index (χ1) is 8.06. The first-order valence-corrected chi connectivity index (χ1v) is 5.90. The van der Waals surface area contributed by atoms with Crippen LogP contribution in [0.1, 0.15) is 20.3 Å². The molecule has 98 valence electrons. The van der Waals surface area contributed by atoms with Gasteiger partial charge in [-0.2, -0.15) is 0 Å². The van der Waals surface area contributed by atoms with Crippen LogP contribution in [0.25, 0.3) is 0 Å². The minimum Gasteiger partial charge on any atom is -0.480 e. The molecule has 6 heteroatoms. The Balaban J connectivity index is 2.66. The average Bonchev–Trinajstić information content (AvgIpc) is 2.35. The monoisotopic (exact) mass is 244 g/mol. The summed E-state index contributed by atoms with van der Waals surface area (Å²) in [6, 6.07) is -0.0934. The van der Waals surface area contributed by atoms with Crippen LogP contribution in [0.15, 0.2) is 0 Å². The normalized spacial score (nSPS) is 21.9. The lowest BCUT2D eigenvalue weighted by atomic mass is 10.1. The number of rotatable bonds is 5. The van der Waals surface area contributed by atoms with Crippen LogP contribution in [0.2, 0.25) is 0 Å². The number of carbonyl (C=O) groups excluding carboxylic acids is 1. The number of carbonyl (C=O) groups is 2. The van der Waals surface area contributed by atoms with Crippen molar-refractivity contribution >= 4 is 11.9 Å². The van der Waals surface area contributed by atoms with Crippen LogP contribution in [0.5, 0.6) is 0 Å². The minimum atomic E-state index is -0.998. The van der Waals surface area contributed by atoms with Crippen molar-refractivity contribution in [1.29, 1.82) is 0 Å². The fourth-order valence-electron chi connectivity index (χ4n) is 1.73. The summed E-state index contributed by atoms with van der Waals surface area (Å²) < 4.78 is 5.35. The second-order valence-corrected chi connectivity index (χ2v) is 4.18. The highest BCUT2D eigenvalue weighted by molar-refractivity contribution is 5.85. The smallest absolute Gasteiger partial charge is 0.323 e. The number of hydrogen-bond donors (Lipinski definition) is 2. The molecule has 0 radical (unpaired) electrons. The Morgan fingerprint density at radius 2 is 2.29 bits per heavy atom. The Morgan fingerprint density at radius 1 is 1.59 bits per heavy atom. The Labute approximate surface area is 101 Å². The molecule has 2 unspecified atom stereocenters. The third-order valence-electron chi connectivity index (χ3n) is 2.91. The predicted octanol–water partition coefficient (Wildman–Crippen LogP) is -0.313. The summed E-state index contributed by atoms with van der Waals surface area (Å²) >= 11 is 0. The molecule has 1 saturated heterocycles. The van der Waals surface area contributed by atoms with Crippen molar-refractivity contribution in [3.63, 3.8) is 0 Å². The number of nitrogens with zero attached hydrogens (tertiary/aromatic N) is 1. The maximum absolute atomic E-state index is 12.1. The number of morpholine rings is 1. The maximum atomic E-state index is 12.1. The summed E-state index contributed by atoms with van der Waals surface area (Å²) in [6.07, 6.45) is 0.163. The van der Waals surface area contributed by atoms with Crippen LogP contribution in [0.3, 0.4) is 0 Å². The zero-order valence-electron chi connectivity index (χ0n) is 10.3. The lowest BCUT2D eigenvalue weighted by Gasteiger charge is -2.32. The third kappa shape index (κ3) is 3.98. The van der Waals surface area contributed by atoms with Crippen LogP contribution in [0.4, 0.5) is 0 Å². The largest absolute Gasteiger partial charge is 0.480 e. The fraction of sp³-hybridized carbons (Fsp3) is 0.818. The van der Waals surface area contributed by atoms with Gasteiger partial charge >= 0.3 is 5.97 Å². The van der Waals surface area contributed by atoms with Gasteiger partial charge in [0.25, 0.3) is 5.91 Å². The van der Waals surface area contributed by atoms with Crippen molar-refractivity contribution in [1.82, 2.24) is 10.2 Å². The lowest BCUT2D eigenvalue weighted by molar-refractivity contribution is -0.153. The SMILES string of the molecule is CCC(C)N(CC(=O)O)C(=O)C1CNCCO1. The van der Waals surface area contributed by atoms with Crippen molar-refractivity contribution in [2.24, 2.45) is 0 Å². The van der Waals surface area contributed by atoms with E-state index in [1.807, 2.05) is 13.8 Å². The number of carboxylic acid groups (broad SMARTS) is 1. The molecular formula is C11H20N2O4. The van der Waals surface area contributed by atoms with E-state index in [0.29, 0.717) is 13.2 Å². The van der Waals surface area contributed by atoms with Gasteiger partial charge < -0.3 is 20.1 Å². The quantitative estimate of drug-likeness (QED) is 0.693. The van der Waals surface area contributed by atoms with Crippen LogP contribution in [0, 0.1) is 0 Å². The van der Waals surface area contributed by atoms with Gasteiger partial charge in [-0.1, -0.05) is 6.92 Å². The van der Waals surface area contributed by atoms with Crippen molar-refractivity contribution < 1.29 is 19.4 Å². The first kappa shape index (κ1) is 13.9. The molecule has 1 rings (SSSR count). The third-order valence-corrected chi connectivity index (χ3v) is 2.91. The van der Waals surface area contributed by atoms with Gasteiger partial charge in [-0.05, 0) is 13.3 Å². The molecule has 0 spiro atoms. The van der Waals surface area contributed by atoms with E-state index in [1.54, 1.807) is 0 Å². The van der Waals surface area contributed by atoms with E-state index in [0.717, 1.165) is 13.0 Å².